The third-order valence-corrected chi connectivity index (χ3v) is 2.83. The van der Waals surface area contributed by atoms with Gasteiger partial charge < -0.3 is 15.0 Å². The lowest BCUT2D eigenvalue weighted by Crippen LogP contribution is -2.18. The molecule has 17 heavy (non-hydrogen) atoms. The summed E-state index contributed by atoms with van der Waals surface area (Å²) in [6, 6.07) is 8.06. The van der Waals surface area contributed by atoms with E-state index < -0.39 is 0 Å². The molecule has 0 fully saturated rings. The van der Waals surface area contributed by atoms with Crippen LogP contribution in [0.4, 0.5) is 0 Å². The van der Waals surface area contributed by atoms with Gasteiger partial charge in [0.25, 0.3) is 0 Å². The fourth-order valence-corrected chi connectivity index (χ4v) is 2.04. The van der Waals surface area contributed by atoms with Crippen LogP contribution >= 0.6 is 0 Å². The minimum Gasteiger partial charge on any atom is -0.395 e. The van der Waals surface area contributed by atoms with E-state index in [1.807, 2.05) is 18.2 Å². The third-order valence-electron chi connectivity index (χ3n) is 2.83. The number of fused-ring (bicyclic) bond motifs is 1. The number of hydrogen-bond donors (Lipinski definition) is 2. The minimum atomic E-state index is 0.147. The van der Waals surface area contributed by atoms with Crippen LogP contribution in [-0.2, 0) is 13.0 Å². The zero-order valence-corrected chi connectivity index (χ0v) is 10.2. The molecule has 0 saturated carbocycles. The molecule has 2 aromatic rings. The second kappa shape index (κ2) is 5.80. The number of rotatable bonds is 6. The molecule has 0 aliphatic rings. The normalized spacial score (nSPS) is 11.2. The molecule has 0 atom stereocenters. The summed E-state index contributed by atoms with van der Waals surface area (Å²) in [6.07, 6.45) is 0.891. The lowest BCUT2D eigenvalue weighted by Gasteiger charge is -2.07. The van der Waals surface area contributed by atoms with Crippen molar-refractivity contribution in [3.05, 3.63) is 30.1 Å². The van der Waals surface area contributed by atoms with Crippen LogP contribution in [0.1, 0.15) is 12.7 Å². The molecule has 1 aromatic carbocycles. The zero-order valence-electron chi connectivity index (χ0n) is 10.2. The van der Waals surface area contributed by atoms with E-state index in [-0.39, 0.29) is 6.61 Å². The molecule has 2 rings (SSSR count). The summed E-state index contributed by atoms with van der Waals surface area (Å²) in [6.45, 7) is 4.75. The second-order valence-corrected chi connectivity index (χ2v) is 4.00. The van der Waals surface area contributed by atoms with Gasteiger partial charge in [-0.25, -0.2) is 4.98 Å². The topological polar surface area (TPSA) is 50.1 Å². The summed E-state index contributed by atoms with van der Waals surface area (Å²) in [5.41, 5.74) is 2.11. The maximum Gasteiger partial charge on any atom is 0.111 e. The van der Waals surface area contributed by atoms with Crippen LogP contribution in [-0.4, -0.2) is 34.4 Å². The predicted molar refractivity (Wildman–Crippen MR) is 69.1 cm³/mol. The van der Waals surface area contributed by atoms with E-state index in [0.717, 1.165) is 36.4 Å². The third kappa shape index (κ3) is 2.65. The van der Waals surface area contributed by atoms with Gasteiger partial charge >= 0.3 is 0 Å². The average Bonchev–Trinajstić information content (AvgIpc) is 2.69. The van der Waals surface area contributed by atoms with Crippen molar-refractivity contribution in [1.29, 1.82) is 0 Å². The molecular weight excluding hydrogens is 214 g/mol. The number of aromatic nitrogens is 2. The Bertz CT molecular complexity index is 478. The van der Waals surface area contributed by atoms with Gasteiger partial charge in [-0.1, -0.05) is 19.1 Å². The van der Waals surface area contributed by atoms with Crippen LogP contribution in [0.5, 0.6) is 0 Å². The van der Waals surface area contributed by atoms with Gasteiger partial charge in [0.15, 0.2) is 0 Å². The van der Waals surface area contributed by atoms with Crippen LogP contribution in [0, 0.1) is 0 Å². The fourth-order valence-electron chi connectivity index (χ4n) is 2.04. The molecule has 0 spiro atoms. The van der Waals surface area contributed by atoms with Crippen LogP contribution in [0.3, 0.4) is 0 Å². The van der Waals surface area contributed by atoms with Gasteiger partial charge in [-0.2, -0.15) is 0 Å². The Labute approximate surface area is 101 Å². The molecule has 2 N–H and O–H groups in total. The first kappa shape index (κ1) is 12.1. The first-order chi connectivity index (χ1) is 8.36. The SMILES string of the molecule is CCNCCc1nc2ccccc2n1CCO. The van der Waals surface area contributed by atoms with Crippen molar-refractivity contribution >= 4 is 11.0 Å². The van der Waals surface area contributed by atoms with Crippen molar-refractivity contribution < 1.29 is 5.11 Å². The van der Waals surface area contributed by atoms with Gasteiger partial charge in [0, 0.05) is 19.5 Å². The zero-order chi connectivity index (χ0) is 12.1. The number of nitrogens with zero attached hydrogens (tertiary/aromatic N) is 2. The van der Waals surface area contributed by atoms with Crippen LogP contribution < -0.4 is 5.32 Å². The number of likely N-dealkylation sites (N-methyl/N-ethyl adjacent to an activating group) is 1. The van der Waals surface area contributed by atoms with Crippen molar-refractivity contribution in [3.8, 4) is 0 Å². The second-order valence-electron chi connectivity index (χ2n) is 4.00. The van der Waals surface area contributed by atoms with Crippen molar-refractivity contribution in [3.63, 3.8) is 0 Å². The maximum absolute atomic E-state index is 9.13. The van der Waals surface area contributed by atoms with Crippen LogP contribution in [0.2, 0.25) is 0 Å². The number of nitrogens with one attached hydrogen (secondary N) is 1. The molecule has 0 bridgehead atoms. The van der Waals surface area contributed by atoms with Gasteiger partial charge in [0.05, 0.1) is 17.6 Å². The Hall–Kier alpha value is -1.39. The number of benzene rings is 1. The monoisotopic (exact) mass is 233 g/mol. The maximum atomic E-state index is 9.13. The first-order valence-corrected chi connectivity index (χ1v) is 6.12. The highest BCUT2D eigenvalue weighted by Gasteiger charge is 2.08. The molecule has 0 aliphatic heterocycles. The van der Waals surface area contributed by atoms with Crippen molar-refractivity contribution in [1.82, 2.24) is 14.9 Å². The Balaban J connectivity index is 2.29. The van der Waals surface area contributed by atoms with E-state index in [0.29, 0.717) is 6.54 Å². The molecule has 4 heteroatoms. The van der Waals surface area contributed by atoms with Gasteiger partial charge in [-0.3, -0.25) is 0 Å². The molecule has 92 valence electrons. The molecule has 0 amide bonds. The number of aliphatic hydroxyl groups excluding tert-OH is 1. The number of hydrogen-bond acceptors (Lipinski definition) is 3. The van der Waals surface area contributed by atoms with Crippen LogP contribution in [0.25, 0.3) is 11.0 Å². The fraction of sp³-hybridized carbons (Fsp3) is 0.462. The highest BCUT2D eigenvalue weighted by Crippen LogP contribution is 2.15. The Morgan fingerprint density at radius 3 is 2.94 bits per heavy atom. The van der Waals surface area contributed by atoms with Crippen molar-refractivity contribution in [2.24, 2.45) is 0 Å². The molecule has 0 unspecified atom stereocenters. The van der Waals surface area contributed by atoms with E-state index >= 15 is 0 Å². The molecule has 0 saturated heterocycles. The molecule has 4 nitrogen and oxygen atoms in total. The molecular formula is C13H19N3O. The first-order valence-electron chi connectivity index (χ1n) is 6.12. The Morgan fingerprint density at radius 1 is 1.35 bits per heavy atom. The standard InChI is InChI=1S/C13H19N3O/c1-2-14-8-7-13-15-11-5-3-4-6-12(11)16(13)9-10-17/h3-6,14,17H,2,7-10H2,1H3. The van der Waals surface area contributed by atoms with Gasteiger partial charge in [-0.05, 0) is 18.7 Å². The highest BCUT2D eigenvalue weighted by molar-refractivity contribution is 5.75. The lowest BCUT2D eigenvalue weighted by molar-refractivity contribution is 0.276. The number of para-hydroxylation sites is 2. The average molecular weight is 233 g/mol. The summed E-state index contributed by atoms with van der Waals surface area (Å²) in [4.78, 5) is 4.61. The number of imidazole rings is 1. The van der Waals surface area contributed by atoms with Gasteiger partial charge in [-0.15, -0.1) is 0 Å². The smallest absolute Gasteiger partial charge is 0.111 e. The lowest BCUT2D eigenvalue weighted by atomic mass is 10.3. The quantitative estimate of drug-likeness (QED) is 0.737. The minimum absolute atomic E-state index is 0.147. The van der Waals surface area contributed by atoms with E-state index in [1.54, 1.807) is 0 Å². The Morgan fingerprint density at radius 2 is 2.18 bits per heavy atom. The Kier molecular flexibility index (Phi) is 4.12. The largest absolute Gasteiger partial charge is 0.395 e. The highest BCUT2D eigenvalue weighted by atomic mass is 16.3. The number of aliphatic hydroxyl groups is 1. The summed E-state index contributed by atoms with van der Waals surface area (Å²) in [5, 5.41) is 12.4. The predicted octanol–water partition coefficient (Wildman–Crippen LogP) is 1.18. The molecule has 1 aromatic heterocycles. The van der Waals surface area contributed by atoms with E-state index in [4.69, 9.17) is 5.11 Å². The molecule has 0 aliphatic carbocycles. The molecule has 1 heterocycles. The van der Waals surface area contributed by atoms with E-state index in [1.165, 1.54) is 0 Å². The summed E-state index contributed by atoms with van der Waals surface area (Å²) >= 11 is 0. The van der Waals surface area contributed by atoms with E-state index in [2.05, 4.69) is 27.9 Å². The van der Waals surface area contributed by atoms with Gasteiger partial charge in [0.1, 0.15) is 5.82 Å². The van der Waals surface area contributed by atoms with E-state index in [9.17, 15) is 0 Å². The summed E-state index contributed by atoms with van der Waals surface area (Å²) in [5.74, 6) is 1.04. The van der Waals surface area contributed by atoms with Gasteiger partial charge in [0.2, 0.25) is 0 Å². The van der Waals surface area contributed by atoms with Crippen LogP contribution in [0.15, 0.2) is 24.3 Å². The van der Waals surface area contributed by atoms with Crippen molar-refractivity contribution in [2.75, 3.05) is 19.7 Å². The van der Waals surface area contributed by atoms with Crippen molar-refractivity contribution in [2.45, 2.75) is 19.9 Å². The summed E-state index contributed by atoms with van der Waals surface area (Å²) in [7, 11) is 0. The summed E-state index contributed by atoms with van der Waals surface area (Å²) < 4.78 is 2.10. The molecule has 0 radical (unpaired) electrons.